The molecule has 1 aliphatic heterocycles. The van der Waals surface area contributed by atoms with E-state index in [0.29, 0.717) is 18.8 Å². The molecule has 0 atom stereocenters. The summed E-state index contributed by atoms with van der Waals surface area (Å²) in [6.07, 6.45) is 3.57. The van der Waals surface area contributed by atoms with E-state index in [2.05, 4.69) is 27.0 Å². The van der Waals surface area contributed by atoms with Gasteiger partial charge in [0.2, 0.25) is 5.91 Å². The smallest absolute Gasteiger partial charge is 0.387 e. The zero-order valence-corrected chi connectivity index (χ0v) is 19.1. The monoisotopic (exact) mass is 483 g/mol. The number of amides is 4. The number of benzene rings is 1. The zero-order chi connectivity index (χ0) is 25.0. The first-order valence-electron chi connectivity index (χ1n) is 10.8. The minimum atomic E-state index is -3.19. The molecule has 34 heavy (non-hydrogen) atoms. The van der Waals surface area contributed by atoms with Crippen LogP contribution in [0.3, 0.4) is 0 Å². The quantitative estimate of drug-likeness (QED) is 0.430. The molecular weight excluding hydrogens is 456 g/mol. The van der Waals surface area contributed by atoms with Crippen LogP contribution in [0.15, 0.2) is 12.1 Å². The molecule has 0 aromatic heterocycles. The first kappa shape index (κ1) is 25.2. The number of carbonyl (C=O) groups excluding carboxylic acids is 4. The molecule has 1 aromatic carbocycles. The van der Waals surface area contributed by atoms with Gasteiger partial charge in [0, 0.05) is 12.1 Å². The van der Waals surface area contributed by atoms with E-state index in [9.17, 15) is 28.0 Å². The van der Waals surface area contributed by atoms with Gasteiger partial charge in [-0.2, -0.15) is 8.78 Å². The van der Waals surface area contributed by atoms with Crippen molar-refractivity contribution in [3.63, 3.8) is 0 Å². The fourth-order valence-corrected chi connectivity index (χ4v) is 4.36. The second-order valence-corrected chi connectivity index (χ2v) is 8.22. The van der Waals surface area contributed by atoms with E-state index in [-0.39, 0.29) is 17.0 Å². The Bertz CT molecular complexity index is 977. The van der Waals surface area contributed by atoms with Gasteiger partial charge in [0.25, 0.3) is 5.91 Å². The molecule has 2 aliphatic rings. The number of ether oxygens (including phenoxy) is 3. The van der Waals surface area contributed by atoms with Crippen LogP contribution in [0, 0.1) is 5.92 Å². The van der Waals surface area contributed by atoms with Gasteiger partial charge >= 0.3 is 18.6 Å². The fourth-order valence-electron chi connectivity index (χ4n) is 4.36. The van der Waals surface area contributed by atoms with Crippen LogP contribution >= 0.6 is 0 Å². The Morgan fingerprint density at radius 1 is 1.21 bits per heavy atom. The largest absolute Gasteiger partial charge is 0.493 e. The molecule has 1 spiro atoms. The van der Waals surface area contributed by atoms with E-state index in [4.69, 9.17) is 4.74 Å². The number of rotatable bonds is 8. The van der Waals surface area contributed by atoms with Gasteiger partial charge in [-0.1, -0.05) is 13.3 Å². The fraction of sp³-hybridized carbons (Fsp3) is 0.545. The van der Waals surface area contributed by atoms with Crippen LogP contribution in [-0.2, 0) is 14.3 Å². The van der Waals surface area contributed by atoms with E-state index in [1.165, 1.54) is 7.11 Å². The van der Waals surface area contributed by atoms with Crippen molar-refractivity contribution in [3.8, 4) is 11.5 Å². The Balaban J connectivity index is 1.79. The van der Waals surface area contributed by atoms with Gasteiger partial charge in [-0.05, 0) is 31.6 Å². The summed E-state index contributed by atoms with van der Waals surface area (Å²) in [7, 11) is 2.29. The Morgan fingerprint density at radius 3 is 2.44 bits per heavy atom. The second-order valence-electron chi connectivity index (χ2n) is 8.22. The lowest BCUT2D eigenvalue weighted by Gasteiger charge is -2.34. The van der Waals surface area contributed by atoms with E-state index >= 15 is 0 Å². The molecule has 1 saturated heterocycles. The van der Waals surface area contributed by atoms with Gasteiger partial charge < -0.3 is 24.8 Å². The highest BCUT2D eigenvalue weighted by Crippen LogP contribution is 2.38. The Hall–Kier alpha value is -3.44. The van der Waals surface area contributed by atoms with Crippen molar-refractivity contribution in [2.45, 2.75) is 51.2 Å². The molecule has 0 unspecified atom stereocenters. The summed E-state index contributed by atoms with van der Waals surface area (Å²) in [5, 5.41) is 5.10. The van der Waals surface area contributed by atoms with Crippen molar-refractivity contribution in [1.82, 2.24) is 10.2 Å². The van der Waals surface area contributed by atoms with E-state index in [0.717, 1.165) is 43.4 Å². The summed E-state index contributed by atoms with van der Waals surface area (Å²) in [4.78, 5) is 51.2. The molecular formula is C22H27F2N3O7. The molecule has 0 radical (unpaired) electrons. The lowest BCUT2D eigenvalue weighted by molar-refractivity contribution is -0.135. The number of nitrogens with zero attached hydrogens (tertiary/aromatic N) is 1. The van der Waals surface area contributed by atoms with E-state index in [1.807, 2.05) is 0 Å². The summed E-state index contributed by atoms with van der Waals surface area (Å²) in [6, 6.07) is 1.38. The summed E-state index contributed by atoms with van der Waals surface area (Å²) in [6.45, 7) is -1.74. The van der Waals surface area contributed by atoms with Gasteiger partial charge in [-0.3, -0.25) is 14.5 Å². The molecule has 2 N–H and O–H groups in total. The SMILES string of the molecule is CCC1CCC2(CC1)NC(=O)N(CC(=O)Nc1cc(OC(F)F)c(OC)cc1C(=O)OC)C2=O. The van der Waals surface area contributed by atoms with Crippen LogP contribution in [0.5, 0.6) is 11.5 Å². The molecule has 1 aromatic rings. The van der Waals surface area contributed by atoms with Gasteiger partial charge in [0.1, 0.15) is 12.1 Å². The minimum absolute atomic E-state index is 0.183. The number of hydrogen-bond acceptors (Lipinski definition) is 7. The summed E-state index contributed by atoms with van der Waals surface area (Å²) < 4.78 is 39.6. The average Bonchev–Trinajstić information content (AvgIpc) is 3.02. The van der Waals surface area contributed by atoms with Crippen molar-refractivity contribution >= 4 is 29.5 Å². The van der Waals surface area contributed by atoms with Crippen molar-refractivity contribution in [2.75, 3.05) is 26.1 Å². The number of methoxy groups -OCH3 is 2. The molecule has 12 heteroatoms. The van der Waals surface area contributed by atoms with Crippen LogP contribution in [0.4, 0.5) is 19.3 Å². The normalized spacial score (nSPS) is 22.1. The molecule has 10 nitrogen and oxygen atoms in total. The van der Waals surface area contributed by atoms with Crippen LogP contribution in [0.25, 0.3) is 0 Å². The summed E-state index contributed by atoms with van der Waals surface area (Å²) in [5.74, 6) is -2.30. The summed E-state index contributed by atoms with van der Waals surface area (Å²) >= 11 is 0. The molecule has 1 aliphatic carbocycles. The molecule has 186 valence electrons. The highest BCUT2D eigenvalue weighted by Gasteiger charge is 2.52. The minimum Gasteiger partial charge on any atom is -0.493 e. The molecule has 1 heterocycles. The number of alkyl halides is 2. The van der Waals surface area contributed by atoms with Crippen LogP contribution in [0.2, 0.25) is 0 Å². The van der Waals surface area contributed by atoms with Crippen LogP contribution in [-0.4, -0.2) is 61.6 Å². The lowest BCUT2D eigenvalue weighted by Crippen LogP contribution is -2.49. The standard InChI is InChI=1S/C22H27F2N3O7/c1-4-12-5-7-22(8-6-12)19(30)27(21(31)26-22)11-17(28)25-14-10-16(34-20(23)24)15(32-2)9-13(14)18(29)33-3/h9-10,12,20H,4-8,11H2,1-3H3,(H,25,28)(H,26,31). The number of nitrogens with one attached hydrogen (secondary N) is 2. The van der Waals surface area contributed by atoms with Crippen molar-refractivity contribution in [3.05, 3.63) is 17.7 Å². The maximum absolute atomic E-state index is 13.0. The number of imide groups is 1. The first-order valence-corrected chi connectivity index (χ1v) is 10.8. The lowest BCUT2D eigenvalue weighted by atomic mass is 9.75. The number of carbonyl (C=O) groups is 4. The first-order chi connectivity index (χ1) is 16.1. The number of anilines is 1. The number of esters is 1. The second kappa shape index (κ2) is 10.2. The summed E-state index contributed by atoms with van der Waals surface area (Å²) in [5.41, 5.74) is -1.42. The van der Waals surface area contributed by atoms with Crippen molar-refractivity contribution < 1.29 is 42.2 Å². The Kier molecular flexibility index (Phi) is 7.57. The highest BCUT2D eigenvalue weighted by molar-refractivity contribution is 6.11. The highest BCUT2D eigenvalue weighted by atomic mass is 19.3. The third-order valence-corrected chi connectivity index (χ3v) is 6.28. The maximum atomic E-state index is 13.0. The molecule has 0 bridgehead atoms. The van der Waals surface area contributed by atoms with Crippen molar-refractivity contribution in [2.24, 2.45) is 5.92 Å². The number of hydrogen-bond donors (Lipinski definition) is 2. The predicted molar refractivity (Wildman–Crippen MR) is 115 cm³/mol. The Morgan fingerprint density at radius 2 is 1.88 bits per heavy atom. The Labute approximate surface area is 194 Å². The third kappa shape index (κ3) is 5.05. The maximum Gasteiger partial charge on any atom is 0.387 e. The van der Waals surface area contributed by atoms with E-state index < -0.39 is 48.3 Å². The molecule has 1 saturated carbocycles. The van der Waals surface area contributed by atoms with Crippen LogP contribution < -0.4 is 20.1 Å². The number of urea groups is 1. The van der Waals surface area contributed by atoms with Gasteiger partial charge in [0.05, 0.1) is 25.5 Å². The van der Waals surface area contributed by atoms with Crippen molar-refractivity contribution in [1.29, 1.82) is 0 Å². The van der Waals surface area contributed by atoms with Gasteiger partial charge in [-0.25, -0.2) is 9.59 Å². The van der Waals surface area contributed by atoms with E-state index in [1.54, 1.807) is 0 Å². The number of halogens is 2. The van der Waals surface area contributed by atoms with Gasteiger partial charge in [0.15, 0.2) is 11.5 Å². The third-order valence-electron chi connectivity index (χ3n) is 6.28. The van der Waals surface area contributed by atoms with Gasteiger partial charge in [-0.15, -0.1) is 0 Å². The topological polar surface area (TPSA) is 123 Å². The zero-order valence-electron chi connectivity index (χ0n) is 19.1. The predicted octanol–water partition coefficient (Wildman–Crippen LogP) is 2.91. The molecule has 2 fully saturated rings. The molecule has 3 rings (SSSR count). The molecule has 4 amide bonds. The van der Waals surface area contributed by atoms with Crippen LogP contribution in [0.1, 0.15) is 49.4 Å². The average molecular weight is 483 g/mol.